The number of thiocarbonyl (C=S) groups is 1. The Kier molecular flexibility index (Phi) is 5.85. The van der Waals surface area contributed by atoms with Crippen LogP contribution in [-0.2, 0) is 6.54 Å². The topological polar surface area (TPSA) is 64.1 Å². The molecule has 0 fully saturated rings. The summed E-state index contributed by atoms with van der Waals surface area (Å²) >= 11 is 5.16. The molecule has 0 amide bonds. The van der Waals surface area contributed by atoms with Crippen LogP contribution in [0.1, 0.15) is 11.1 Å². The zero-order valence-corrected chi connectivity index (χ0v) is 14.9. The summed E-state index contributed by atoms with van der Waals surface area (Å²) in [4.78, 5) is 0. The van der Waals surface area contributed by atoms with Crippen molar-refractivity contribution in [3.63, 3.8) is 0 Å². The molecule has 2 aromatic rings. The van der Waals surface area contributed by atoms with Crippen LogP contribution in [0.2, 0.25) is 0 Å². The van der Waals surface area contributed by atoms with E-state index in [1.165, 1.54) is 12.1 Å². The van der Waals surface area contributed by atoms with Crippen molar-refractivity contribution < 1.29 is 18.6 Å². The van der Waals surface area contributed by atoms with Gasteiger partial charge in [-0.15, -0.1) is 0 Å². The van der Waals surface area contributed by atoms with Crippen LogP contribution < -0.4 is 25.0 Å². The first kappa shape index (κ1) is 17.9. The molecule has 0 aromatic heterocycles. The van der Waals surface area contributed by atoms with Crippen molar-refractivity contribution >= 4 is 23.5 Å². The van der Waals surface area contributed by atoms with Gasteiger partial charge in [0.2, 0.25) is 5.75 Å². The zero-order valence-electron chi connectivity index (χ0n) is 14.1. The molecule has 0 saturated carbocycles. The molecular weight excluding hydrogens is 357 g/mol. The maximum atomic E-state index is 12.9. The molecule has 26 heavy (non-hydrogen) atoms. The Hall–Kier alpha value is -2.87. The highest BCUT2D eigenvalue weighted by Crippen LogP contribution is 2.39. The Morgan fingerprint density at radius 3 is 2.81 bits per heavy atom. The van der Waals surface area contributed by atoms with Crippen LogP contribution in [0.5, 0.6) is 17.2 Å². The predicted molar refractivity (Wildman–Crippen MR) is 101 cm³/mol. The number of ether oxygens (including phenoxy) is 3. The summed E-state index contributed by atoms with van der Waals surface area (Å²) in [6, 6.07) is 9.80. The van der Waals surface area contributed by atoms with Crippen LogP contribution in [0, 0.1) is 5.82 Å². The second kappa shape index (κ2) is 8.48. The Morgan fingerprint density at radius 2 is 2.04 bits per heavy atom. The molecule has 0 bridgehead atoms. The van der Waals surface area contributed by atoms with Crippen LogP contribution in [0.15, 0.2) is 41.5 Å². The highest BCUT2D eigenvalue weighted by Gasteiger charge is 2.17. The summed E-state index contributed by atoms with van der Waals surface area (Å²) < 4.78 is 29.3. The molecule has 1 aliphatic heterocycles. The van der Waals surface area contributed by atoms with Gasteiger partial charge in [0.15, 0.2) is 16.6 Å². The molecule has 0 unspecified atom stereocenters. The number of methoxy groups -OCH3 is 1. The first-order valence-electron chi connectivity index (χ1n) is 7.94. The molecule has 0 atom stereocenters. The van der Waals surface area contributed by atoms with Crippen molar-refractivity contribution in [2.75, 3.05) is 20.3 Å². The fourth-order valence-corrected chi connectivity index (χ4v) is 2.48. The Balaban J connectivity index is 1.56. The van der Waals surface area contributed by atoms with Crippen LogP contribution in [-0.4, -0.2) is 31.7 Å². The molecule has 2 N–H and O–H groups in total. The minimum atomic E-state index is -0.270. The summed E-state index contributed by atoms with van der Waals surface area (Å²) in [5, 5.41) is 7.45. The van der Waals surface area contributed by atoms with Crippen LogP contribution in [0.3, 0.4) is 0 Å². The Bertz CT molecular complexity index is 795. The van der Waals surface area contributed by atoms with Gasteiger partial charge in [-0.05, 0) is 42.0 Å². The number of halogens is 1. The lowest BCUT2D eigenvalue weighted by Crippen LogP contribution is -2.31. The highest BCUT2D eigenvalue weighted by atomic mass is 32.1. The largest absolute Gasteiger partial charge is 0.493 e. The lowest BCUT2D eigenvalue weighted by molar-refractivity contribution is 0.165. The minimum Gasteiger partial charge on any atom is -0.493 e. The zero-order chi connectivity index (χ0) is 18.4. The van der Waals surface area contributed by atoms with Crippen molar-refractivity contribution in [3.8, 4) is 17.2 Å². The molecule has 0 saturated heterocycles. The van der Waals surface area contributed by atoms with E-state index < -0.39 is 0 Å². The normalized spacial score (nSPS) is 12.7. The van der Waals surface area contributed by atoms with Crippen LogP contribution in [0.4, 0.5) is 4.39 Å². The van der Waals surface area contributed by atoms with E-state index in [-0.39, 0.29) is 5.82 Å². The number of nitrogens with zero attached hydrogens (tertiary/aromatic N) is 1. The van der Waals surface area contributed by atoms with Gasteiger partial charge in [-0.2, -0.15) is 5.10 Å². The average molecular weight is 375 g/mol. The summed E-state index contributed by atoms with van der Waals surface area (Å²) in [6.07, 6.45) is 1.60. The van der Waals surface area contributed by atoms with E-state index in [0.29, 0.717) is 42.1 Å². The van der Waals surface area contributed by atoms with E-state index in [2.05, 4.69) is 15.8 Å². The molecule has 6 nitrogen and oxygen atoms in total. The van der Waals surface area contributed by atoms with Crippen molar-refractivity contribution in [2.24, 2.45) is 5.10 Å². The first-order valence-corrected chi connectivity index (χ1v) is 8.35. The number of hydrogen-bond donors (Lipinski definition) is 2. The number of hydrazone groups is 1. The third-order valence-corrected chi connectivity index (χ3v) is 3.83. The maximum absolute atomic E-state index is 12.9. The standard InChI is InChI=1S/C18H18FN3O3S/c1-23-15-8-13(9-16-17(15)25-7-6-24-16)11-21-22-18(26)20-10-12-2-4-14(19)5-3-12/h2-5,8-9,11H,6-7,10H2,1H3,(H2,20,22,26)/b21-11-. The maximum Gasteiger partial charge on any atom is 0.203 e. The molecule has 136 valence electrons. The minimum absolute atomic E-state index is 0.270. The highest BCUT2D eigenvalue weighted by molar-refractivity contribution is 7.80. The first-order chi connectivity index (χ1) is 12.7. The molecule has 8 heteroatoms. The third-order valence-electron chi connectivity index (χ3n) is 3.60. The molecule has 1 heterocycles. The number of benzene rings is 2. The van der Waals surface area contributed by atoms with Gasteiger partial charge in [-0.1, -0.05) is 12.1 Å². The lowest BCUT2D eigenvalue weighted by atomic mass is 10.2. The van der Waals surface area contributed by atoms with E-state index in [1.54, 1.807) is 31.5 Å². The number of fused-ring (bicyclic) bond motifs is 1. The van der Waals surface area contributed by atoms with Gasteiger partial charge in [0, 0.05) is 12.1 Å². The molecule has 0 aliphatic carbocycles. The van der Waals surface area contributed by atoms with Crippen molar-refractivity contribution in [1.29, 1.82) is 0 Å². The fourth-order valence-electron chi connectivity index (χ4n) is 2.36. The molecule has 1 aliphatic rings. The van der Waals surface area contributed by atoms with E-state index in [1.807, 2.05) is 6.07 Å². The second-order valence-corrected chi connectivity index (χ2v) is 5.83. The molecular formula is C18H18FN3O3S. The summed E-state index contributed by atoms with van der Waals surface area (Å²) in [7, 11) is 1.57. The van der Waals surface area contributed by atoms with Gasteiger partial charge in [-0.3, -0.25) is 5.43 Å². The summed E-state index contributed by atoms with van der Waals surface area (Å²) in [6.45, 7) is 1.46. The molecule has 3 rings (SSSR count). The summed E-state index contributed by atoms with van der Waals surface area (Å²) in [5.41, 5.74) is 4.42. The van der Waals surface area contributed by atoms with Crippen LogP contribution in [0.25, 0.3) is 0 Å². The van der Waals surface area contributed by atoms with Gasteiger partial charge in [0.05, 0.1) is 13.3 Å². The van der Waals surface area contributed by atoms with Crippen molar-refractivity contribution in [3.05, 3.63) is 53.3 Å². The third kappa shape index (κ3) is 4.60. The van der Waals surface area contributed by atoms with E-state index in [0.717, 1.165) is 11.1 Å². The molecule has 0 radical (unpaired) electrons. The van der Waals surface area contributed by atoms with Gasteiger partial charge in [-0.25, -0.2) is 4.39 Å². The predicted octanol–water partition coefficient (Wildman–Crippen LogP) is 2.60. The quantitative estimate of drug-likeness (QED) is 0.476. The smallest absolute Gasteiger partial charge is 0.203 e. The Morgan fingerprint density at radius 1 is 1.27 bits per heavy atom. The number of rotatable bonds is 5. The fraction of sp³-hybridized carbons (Fsp3) is 0.222. The van der Waals surface area contributed by atoms with Gasteiger partial charge >= 0.3 is 0 Å². The van der Waals surface area contributed by atoms with E-state index >= 15 is 0 Å². The van der Waals surface area contributed by atoms with E-state index in [4.69, 9.17) is 26.4 Å². The van der Waals surface area contributed by atoms with Crippen molar-refractivity contribution in [2.45, 2.75) is 6.54 Å². The Labute approximate surface area is 156 Å². The van der Waals surface area contributed by atoms with Gasteiger partial charge in [0.1, 0.15) is 19.0 Å². The monoisotopic (exact) mass is 375 g/mol. The molecule has 2 aromatic carbocycles. The van der Waals surface area contributed by atoms with E-state index in [9.17, 15) is 4.39 Å². The van der Waals surface area contributed by atoms with Gasteiger partial charge < -0.3 is 19.5 Å². The average Bonchev–Trinajstić information content (AvgIpc) is 2.67. The van der Waals surface area contributed by atoms with Crippen LogP contribution >= 0.6 is 12.2 Å². The van der Waals surface area contributed by atoms with Gasteiger partial charge in [0.25, 0.3) is 0 Å². The lowest BCUT2D eigenvalue weighted by Gasteiger charge is -2.20. The number of nitrogens with one attached hydrogen (secondary N) is 2. The van der Waals surface area contributed by atoms with Crippen molar-refractivity contribution in [1.82, 2.24) is 10.7 Å². The molecule has 0 spiro atoms. The number of hydrogen-bond acceptors (Lipinski definition) is 5. The SMILES string of the molecule is COc1cc(/C=N\NC(=S)NCc2ccc(F)cc2)cc2c1OCCO2. The summed E-state index contributed by atoms with van der Waals surface area (Å²) in [5.74, 6) is 1.53. The second-order valence-electron chi connectivity index (χ2n) is 5.43.